The first-order valence-corrected chi connectivity index (χ1v) is 3.55. The van der Waals surface area contributed by atoms with Crippen molar-refractivity contribution in [2.45, 2.75) is 0 Å². The number of rotatable bonds is 0. The molecule has 0 aliphatic carbocycles. The number of hydrazine groups is 1. The van der Waals surface area contributed by atoms with E-state index in [1.165, 1.54) is 0 Å². The highest BCUT2D eigenvalue weighted by Gasteiger charge is 2.01. The van der Waals surface area contributed by atoms with Gasteiger partial charge in [0.15, 0.2) is 0 Å². The van der Waals surface area contributed by atoms with Crippen molar-refractivity contribution in [1.82, 2.24) is 5.01 Å². The molecular weight excluding hydrogens is 132 g/mol. The lowest BCUT2D eigenvalue weighted by Gasteiger charge is -2.12. The first-order chi connectivity index (χ1) is 4.89. The third kappa shape index (κ3) is 3.12. The zero-order valence-electron chi connectivity index (χ0n) is 6.08. The highest BCUT2D eigenvalue weighted by molar-refractivity contribution is 4.49. The maximum atomic E-state index is 5.55. The van der Waals surface area contributed by atoms with Gasteiger partial charge in [0.1, 0.15) is 0 Å². The Morgan fingerprint density at radius 2 is 1.40 bits per heavy atom. The van der Waals surface area contributed by atoms with E-state index in [2.05, 4.69) is 0 Å². The van der Waals surface area contributed by atoms with Crippen LogP contribution in [-0.4, -0.2) is 44.5 Å². The highest BCUT2D eigenvalue weighted by atomic mass is 16.5. The van der Waals surface area contributed by atoms with Gasteiger partial charge in [-0.1, -0.05) is 0 Å². The van der Waals surface area contributed by atoms with E-state index in [0.717, 1.165) is 13.1 Å². The van der Waals surface area contributed by atoms with Gasteiger partial charge in [-0.3, -0.25) is 5.84 Å². The second kappa shape index (κ2) is 4.62. The Labute approximate surface area is 60.9 Å². The molecule has 0 aromatic heterocycles. The summed E-state index contributed by atoms with van der Waals surface area (Å²) in [6, 6.07) is 0. The van der Waals surface area contributed by atoms with Gasteiger partial charge < -0.3 is 9.47 Å². The van der Waals surface area contributed by atoms with Gasteiger partial charge in [0, 0.05) is 13.1 Å². The Hall–Kier alpha value is -0.160. The van der Waals surface area contributed by atoms with Gasteiger partial charge in [-0.25, -0.2) is 5.01 Å². The molecule has 60 valence electrons. The van der Waals surface area contributed by atoms with Crippen molar-refractivity contribution >= 4 is 0 Å². The summed E-state index contributed by atoms with van der Waals surface area (Å²) in [6.45, 7) is 4.38. The molecule has 0 aromatic rings. The molecule has 0 unspecified atom stereocenters. The average molecular weight is 146 g/mol. The molecular formula is C6H14N2O2. The summed E-state index contributed by atoms with van der Waals surface area (Å²) in [5.41, 5.74) is 0. The molecule has 1 saturated heterocycles. The van der Waals surface area contributed by atoms with E-state index >= 15 is 0 Å². The number of hydrogen-bond acceptors (Lipinski definition) is 4. The molecule has 0 radical (unpaired) electrons. The molecule has 1 heterocycles. The van der Waals surface area contributed by atoms with Gasteiger partial charge in [-0.15, -0.1) is 0 Å². The molecule has 1 rings (SSSR count). The van der Waals surface area contributed by atoms with Gasteiger partial charge in [0.25, 0.3) is 0 Å². The summed E-state index contributed by atoms with van der Waals surface area (Å²) in [7, 11) is 0. The third-order valence-corrected chi connectivity index (χ3v) is 1.42. The minimum absolute atomic E-state index is 0.688. The molecule has 0 atom stereocenters. The summed E-state index contributed by atoms with van der Waals surface area (Å²) in [5.74, 6) is 5.55. The van der Waals surface area contributed by atoms with E-state index in [1.54, 1.807) is 5.01 Å². The number of nitrogens with two attached hydrogens (primary N) is 1. The van der Waals surface area contributed by atoms with Crippen molar-refractivity contribution in [3.8, 4) is 0 Å². The monoisotopic (exact) mass is 146 g/mol. The average Bonchev–Trinajstić information content (AvgIpc) is 2.02. The largest absolute Gasteiger partial charge is 0.378 e. The normalized spacial score (nSPS) is 24.9. The molecule has 1 aliphatic rings. The van der Waals surface area contributed by atoms with E-state index in [-0.39, 0.29) is 0 Å². The zero-order valence-corrected chi connectivity index (χ0v) is 6.08. The molecule has 0 spiro atoms. The molecule has 1 fully saturated rings. The second-order valence-corrected chi connectivity index (χ2v) is 2.26. The predicted octanol–water partition coefficient (Wildman–Crippen LogP) is -0.791. The van der Waals surface area contributed by atoms with E-state index in [0.29, 0.717) is 26.4 Å². The molecule has 0 bridgehead atoms. The Kier molecular flexibility index (Phi) is 3.67. The van der Waals surface area contributed by atoms with Gasteiger partial charge in [-0.2, -0.15) is 0 Å². The van der Waals surface area contributed by atoms with Crippen LogP contribution in [0.1, 0.15) is 0 Å². The number of ether oxygens (including phenoxy) is 2. The van der Waals surface area contributed by atoms with Crippen LogP contribution >= 0.6 is 0 Å². The first-order valence-electron chi connectivity index (χ1n) is 3.55. The minimum Gasteiger partial charge on any atom is -0.378 e. The van der Waals surface area contributed by atoms with E-state index in [4.69, 9.17) is 15.3 Å². The van der Waals surface area contributed by atoms with Crippen LogP contribution in [0.25, 0.3) is 0 Å². The van der Waals surface area contributed by atoms with Crippen molar-refractivity contribution < 1.29 is 9.47 Å². The lowest BCUT2D eigenvalue weighted by molar-refractivity contribution is 0.0629. The van der Waals surface area contributed by atoms with Crippen LogP contribution in [0.2, 0.25) is 0 Å². The third-order valence-electron chi connectivity index (χ3n) is 1.42. The van der Waals surface area contributed by atoms with Crippen LogP contribution in [0, 0.1) is 0 Å². The van der Waals surface area contributed by atoms with Crippen molar-refractivity contribution in [3.05, 3.63) is 0 Å². The molecule has 4 nitrogen and oxygen atoms in total. The van der Waals surface area contributed by atoms with Crippen LogP contribution < -0.4 is 5.84 Å². The van der Waals surface area contributed by atoms with E-state index in [9.17, 15) is 0 Å². The topological polar surface area (TPSA) is 47.7 Å². The Morgan fingerprint density at radius 1 is 0.900 bits per heavy atom. The summed E-state index contributed by atoms with van der Waals surface area (Å²) >= 11 is 0. The van der Waals surface area contributed by atoms with Crippen LogP contribution in [0.4, 0.5) is 0 Å². The minimum atomic E-state index is 0.688. The summed E-state index contributed by atoms with van der Waals surface area (Å²) in [4.78, 5) is 0. The van der Waals surface area contributed by atoms with Gasteiger partial charge in [-0.05, 0) is 0 Å². The zero-order chi connectivity index (χ0) is 7.23. The molecule has 0 amide bonds. The molecule has 4 heteroatoms. The van der Waals surface area contributed by atoms with Crippen LogP contribution in [0.3, 0.4) is 0 Å². The quantitative estimate of drug-likeness (QED) is 0.455. The maximum Gasteiger partial charge on any atom is 0.0701 e. The lowest BCUT2D eigenvalue weighted by Crippen LogP contribution is -2.36. The summed E-state index contributed by atoms with van der Waals surface area (Å²) in [6.07, 6.45) is 0. The number of hydrogen-bond donors (Lipinski definition) is 1. The molecule has 1 aliphatic heterocycles. The standard InChI is InChI=1S/C6H14N2O2/c7-8-1-3-9-5-6-10-4-2-8/h1-7H2. The fourth-order valence-electron chi connectivity index (χ4n) is 0.797. The SMILES string of the molecule is NN1CCOCCOCC1. The smallest absolute Gasteiger partial charge is 0.0701 e. The highest BCUT2D eigenvalue weighted by Crippen LogP contribution is 1.86. The Morgan fingerprint density at radius 3 is 1.90 bits per heavy atom. The molecule has 2 N–H and O–H groups in total. The van der Waals surface area contributed by atoms with E-state index in [1.807, 2.05) is 0 Å². The van der Waals surface area contributed by atoms with Crippen LogP contribution in [-0.2, 0) is 9.47 Å². The van der Waals surface area contributed by atoms with Crippen LogP contribution in [0.5, 0.6) is 0 Å². The second-order valence-electron chi connectivity index (χ2n) is 2.26. The summed E-state index contributed by atoms with van der Waals surface area (Å²) < 4.78 is 10.4. The van der Waals surface area contributed by atoms with Crippen molar-refractivity contribution in [2.24, 2.45) is 5.84 Å². The first kappa shape index (κ1) is 7.94. The Bertz CT molecular complexity index is 79.8. The van der Waals surface area contributed by atoms with Crippen molar-refractivity contribution in [3.63, 3.8) is 0 Å². The summed E-state index contributed by atoms with van der Waals surface area (Å²) in [5, 5.41) is 1.71. The molecule has 0 aromatic carbocycles. The Balaban J connectivity index is 2.15. The maximum absolute atomic E-state index is 5.55. The van der Waals surface area contributed by atoms with Gasteiger partial charge >= 0.3 is 0 Å². The number of nitrogens with zero attached hydrogens (tertiary/aromatic N) is 1. The van der Waals surface area contributed by atoms with Crippen molar-refractivity contribution in [1.29, 1.82) is 0 Å². The van der Waals surface area contributed by atoms with Gasteiger partial charge in [0.05, 0.1) is 26.4 Å². The predicted molar refractivity (Wildman–Crippen MR) is 37.4 cm³/mol. The molecule has 0 saturated carbocycles. The molecule has 10 heavy (non-hydrogen) atoms. The lowest BCUT2D eigenvalue weighted by atomic mass is 10.6. The van der Waals surface area contributed by atoms with Gasteiger partial charge in [0.2, 0.25) is 0 Å². The van der Waals surface area contributed by atoms with Crippen LogP contribution in [0.15, 0.2) is 0 Å². The van der Waals surface area contributed by atoms with E-state index < -0.39 is 0 Å². The van der Waals surface area contributed by atoms with Crippen molar-refractivity contribution in [2.75, 3.05) is 39.5 Å². The fraction of sp³-hybridized carbons (Fsp3) is 1.00. The fourth-order valence-corrected chi connectivity index (χ4v) is 0.797.